The van der Waals surface area contributed by atoms with E-state index < -0.39 is 0 Å². The monoisotopic (exact) mass is 276 g/mol. The second kappa shape index (κ2) is 7.07. The molecule has 0 bridgehead atoms. The highest BCUT2D eigenvalue weighted by molar-refractivity contribution is 5.28. The molecule has 2 rings (SSSR count). The van der Waals surface area contributed by atoms with E-state index >= 15 is 0 Å². The van der Waals surface area contributed by atoms with E-state index in [2.05, 4.69) is 18.0 Å². The summed E-state index contributed by atoms with van der Waals surface area (Å²) in [5.74, 6) is 2.12. The molecule has 3 heteroatoms. The zero-order chi connectivity index (χ0) is 14.5. The average Bonchev–Trinajstić information content (AvgIpc) is 2.41. The van der Waals surface area contributed by atoms with Crippen LogP contribution in [0.3, 0.4) is 0 Å². The molecule has 3 nitrogen and oxygen atoms in total. The summed E-state index contributed by atoms with van der Waals surface area (Å²) in [6.07, 6.45) is 10.1. The van der Waals surface area contributed by atoms with Crippen molar-refractivity contribution in [2.24, 2.45) is 11.7 Å². The summed E-state index contributed by atoms with van der Waals surface area (Å²) in [7, 11) is 0. The summed E-state index contributed by atoms with van der Waals surface area (Å²) in [5, 5.41) is 0. The van der Waals surface area contributed by atoms with Gasteiger partial charge in [-0.05, 0) is 50.7 Å². The Labute approximate surface area is 122 Å². The molecule has 2 N–H and O–H groups in total. The third-order valence-corrected chi connectivity index (χ3v) is 4.24. The van der Waals surface area contributed by atoms with Gasteiger partial charge in [0, 0.05) is 18.2 Å². The molecule has 1 aliphatic carbocycles. The molecule has 0 amide bonds. The van der Waals surface area contributed by atoms with Crippen molar-refractivity contribution < 1.29 is 4.74 Å². The van der Waals surface area contributed by atoms with Crippen LogP contribution in [-0.2, 0) is 0 Å². The van der Waals surface area contributed by atoms with Gasteiger partial charge in [0.25, 0.3) is 0 Å². The standard InChI is InChI=1S/C17H28N2O/c1-4-5-13-6-7-17(18)16(8-13)14-9-15(11-19-10-14)20-12(2)3/h9-13,16-17H,4-8,18H2,1-3H3. The van der Waals surface area contributed by atoms with Crippen molar-refractivity contribution in [3.63, 3.8) is 0 Å². The van der Waals surface area contributed by atoms with E-state index in [0.29, 0.717) is 5.92 Å². The molecule has 1 fully saturated rings. The minimum absolute atomic E-state index is 0.180. The van der Waals surface area contributed by atoms with Crippen LogP contribution in [0.25, 0.3) is 0 Å². The van der Waals surface area contributed by atoms with Gasteiger partial charge in [-0.15, -0.1) is 0 Å². The van der Waals surface area contributed by atoms with Crippen LogP contribution in [-0.4, -0.2) is 17.1 Å². The fourth-order valence-electron chi connectivity index (χ4n) is 3.31. The first-order valence-electron chi connectivity index (χ1n) is 7.97. The number of nitrogens with zero attached hydrogens (tertiary/aromatic N) is 1. The Morgan fingerprint density at radius 2 is 2.15 bits per heavy atom. The van der Waals surface area contributed by atoms with E-state index in [4.69, 9.17) is 10.5 Å². The maximum absolute atomic E-state index is 6.35. The van der Waals surface area contributed by atoms with Crippen molar-refractivity contribution in [1.29, 1.82) is 0 Å². The lowest BCUT2D eigenvalue weighted by molar-refractivity contribution is 0.239. The van der Waals surface area contributed by atoms with Gasteiger partial charge in [0.15, 0.2) is 0 Å². The van der Waals surface area contributed by atoms with Crippen molar-refractivity contribution in [3.05, 3.63) is 24.0 Å². The Bertz CT molecular complexity index is 419. The number of hydrogen-bond acceptors (Lipinski definition) is 3. The lowest BCUT2D eigenvalue weighted by Gasteiger charge is -2.34. The Morgan fingerprint density at radius 3 is 2.85 bits per heavy atom. The van der Waals surface area contributed by atoms with Gasteiger partial charge in [0.05, 0.1) is 12.3 Å². The Morgan fingerprint density at radius 1 is 1.35 bits per heavy atom. The number of rotatable bonds is 5. The van der Waals surface area contributed by atoms with E-state index in [0.717, 1.165) is 18.1 Å². The van der Waals surface area contributed by atoms with Crippen molar-refractivity contribution in [2.75, 3.05) is 0 Å². The molecule has 0 saturated heterocycles. The SMILES string of the molecule is CCCC1CCC(N)C(c2cncc(OC(C)C)c2)C1. The molecule has 1 heterocycles. The molecule has 1 saturated carbocycles. The molecular weight excluding hydrogens is 248 g/mol. The molecule has 0 radical (unpaired) electrons. The molecule has 1 aromatic heterocycles. The summed E-state index contributed by atoms with van der Waals surface area (Å²) in [6.45, 7) is 6.34. The average molecular weight is 276 g/mol. The largest absolute Gasteiger partial charge is 0.489 e. The normalized spacial score (nSPS) is 26.8. The van der Waals surface area contributed by atoms with Gasteiger partial charge in [-0.1, -0.05) is 19.8 Å². The quantitative estimate of drug-likeness (QED) is 0.887. The number of ether oxygens (including phenoxy) is 1. The maximum atomic E-state index is 6.35. The number of nitrogens with two attached hydrogens (primary N) is 1. The van der Waals surface area contributed by atoms with Crippen LogP contribution < -0.4 is 10.5 Å². The van der Waals surface area contributed by atoms with Gasteiger partial charge in [-0.25, -0.2) is 0 Å². The zero-order valence-corrected chi connectivity index (χ0v) is 13.0. The van der Waals surface area contributed by atoms with E-state index in [1.807, 2.05) is 20.0 Å². The molecule has 3 unspecified atom stereocenters. The fourth-order valence-corrected chi connectivity index (χ4v) is 3.31. The highest BCUT2D eigenvalue weighted by atomic mass is 16.5. The molecule has 3 atom stereocenters. The minimum atomic E-state index is 0.180. The van der Waals surface area contributed by atoms with Crippen LogP contribution in [0.4, 0.5) is 0 Å². The van der Waals surface area contributed by atoms with E-state index in [-0.39, 0.29) is 12.1 Å². The summed E-state index contributed by atoms with van der Waals surface area (Å²) < 4.78 is 5.75. The third-order valence-electron chi connectivity index (χ3n) is 4.24. The van der Waals surface area contributed by atoms with E-state index in [9.17, 15) is 0 Å². The summed E-state index contributed by atoms with van der Waals surface area (Å²) >= 11 is 0. The first kappa shape index (κ1) is 15.3. The number of hydrogen-bond donors (Lipinski definition) is 1. The Hall–Kier alpha value is -1.09. The zero-order valence-electron chi connectivity index (χ0n) is 13.0. The van der Waals surface area contributed by atoms with Crippen LogP contribution in [0, 0.1) is 5.92 Å². The lowest BCUT2D eigenvalue weighted by Crippen LogP contribution is -2.34. The lowest BCUT2D eigenvalue weighted by atomic mass is 9.74. The van der Waals surface area contributed by atoms with Gasteiger partial charge < -0.3 is 10.5 Å². The van der Waals surface area contributed by atoms with Crippen LogP contribution in [0.2, 0.25) is 0 Å². The van der Waals surface area contributed by atoms with Crippen molar-refractivity contribution in [2.45, 2.75) is 70.9 Å². The number of pyridine rings is 1. The molecular formula is C17H28N2O. The van der Waals surface area contributed by atoms with Crippen LogP contribution >= 0.6 is 0 Å². The third kappa shape index (κ3) is 3.95. The molecule has 0 aromatic carbocycles. The van der Waals surface area contributed by atoms with Crippen molar-refractivity contribution >= 4 is 0 Å². The molecule has 0 aliphatic heterocycles. The molecule has 0 spiro atoms. The van der Waals surface area contributed by atoms with Gasteiger partial charge >= 0.3 is 0 Å². The minimum Gasteiger partial charge on any atom is -0.489 e. The predicted molar refractivity (Wildman–Crippen MR) is 83.0 cm³/mol. The van der Waals surface area contributed by atoms with Crippen molar-refractivity contribution in [1.82, 2.24) is 4.98 Å². The Balaban J connectivity index is 2.11. The predicted octanol–water partition coefficient (Wildman–Crippen LogP) is 3.88. The topological polar surface area (TPSA) is 48.1 Å². The maximum Gasteiger partial charge on any atom is 0.138 e. The first-order valence-corrected chi connectivity index (χ1v) is 7.97. The number of aromatic nitrogens is 1. The van der Waals surface area contributed by atoms with Gasteiger partial charge in [0.2, 0.25) is 0 Å². The highest BCUT2D eigenvalue weighted by Gasteiger charge is 2.29. The summed E-state index contributed by atoms with van der Waals surface area (Å²) in [5.41, 5.74) is 7.60. The van der Waals surface area contributed by atoms with E-state index in [1.165, 1.54) is 31.2 Å². The second-order valence-corrected chi connectivity index (χ2v) is 6.36. The fraction of sp³-hybridized carbons (Fsp3) is 0.706. The van der Waals surface area contributed by atoms with Crippen LogP contribution in [0.15, 0.2) is 18.5 Å². The van der Waals surface area contributed by atoms with Crippen molar-refractivity contribution in [3.8, 4) is 5.75 Å². The van der Waals surface area contributed by atoms with Gasteiger partial charge in [0.1, 0.15) is 5.75 Å². The summed E-state index contributed by atoms with van der Waals surface area (Å²) in [6, 6.07) is 2.39. The molecule has 20 heavy (non-hydrogen) atoms. The van der Waals surface area contributed by atoms with Crippen LogP contribution in [0.5, 0.6) is 5.75 Å². The molecule has 112 valence electrons. The molecule has 1 aromatic rings. The highest BCUT2D eigenvalue weighted by Crippen LogP contribution is 2.38. The van der Waals surface area contributed by atoms with Gasteiger partial charge in [-0.2, -0.15) is 0 Å². The van der Waals surface area contributed by atoms with Crippen LogP contribution in [0.1, 0.15) is 64.4 Å². The second-order valence-electron chi connectivity index (χ2n) is 6.36. The first-order chi connectivity index (χ1) is 9.60. The Kier molecular flexibility index (Phi) is 5.41. The smallest absolute Gasteiger partial charge is 0.138 e. The summed E-state index contributed by atoms with van der Waals surface area (Å²) in [4.78, 5) is 4.34. The van der Waals surface area contributed by atoms with E-state index in [1.54, 1.807) is 6.20 Å². The molecule has 1 aliphatic rings. The van der Waals surface area contributed by atoms with Gasteiger partial charge in [-0.3, -0.25) is 4.98 Å².